The van der Waals surface area contributed by atoms with Crippen molar-refractivity contribution < 1.29 is 31.9 Å². The van der Waals surface area contributed by atoms with E-state index < -0.39 is 44.2 Å². The first-order chi connectivity index (χ1) is 11.2. The van der Waals surface area contributed by atoms with Crippen molar-refractivity contribution in [2.24, 2.45) is 5.41 Å². The van der Waals surface area contributed by atoms with Gasteiger partial charge in [-0.05, 0) is 31.5 Å². The Labute approximate surface area is 139 Å². The molecule has 0 radical (unpaired) electrons. The number of hydrogen-bond donors (Lipinski definition) is 0. The van der Waals surface area contributed by atoms with Crippen LogP contribution in [0.1, 0.15) is 25.3 Å². The first-order valence-electron chi connectivity index (χ1n) is 7.50. The molecule has 2 atom stereocenters. The smallest absolute Gasteiger partial charge is 0.325 e. The SMILES string of the molecule is CCOC(=O)C1(C(=O)OCC)[C@H](c2ccc(F)cc2)[C@H]1S(C)(=O)=O. The van der Waals surface area contributed by atoms with E-state index in [9.17, 15) is 22.4 Å². The van der Waals surface area contributed by atoms with Crippen LogP contribution in [0.4, 0.5) is 4.39 Å². The molecule has 1 fully saturated rings. The predicted octanol–water partition coefficient (Wildman–Crippen LogP) is 1.45. The van der Waals surface area contributed by atoms with Crippen molar-refractivity contribution in [1.29, 1.82) is 0 Å². The van der Waals surface area contributed by atoms with Crippen LogP contribution >= 0.6 is 0 Å². The summed E-state index contributed by atoms with van der Waals surface area (Å²) in [6.45, 7) is 3.10. The number of carbonyl (C=O) groups is 2. The van der Waals surface area contributed by atoms with Crippen molar-refractivity contribution >= 4 is 21.8 Å². The highest BCUT2D eigenvalue weighted by atomic mass is 32.2. The second-order valence-corrected chi connectivity index (χ2v) is 7.76. The second kappa shape index (κ2) is 6.51. The summed E-state index contributed by atoms with van der Waals surface area (Å²) in [6, 6.07) is 5.01. The number of rotatable bonds is 6. The fourth-order valence-electron chi connectivity index (χ4n) is 3.12. The minimum atomic E-state index is -3.77. The van der Waals surface area contributed by atoms with E-state index in [1.165, 1.54) is 12.1 Å². The lowest BCUT2D eigenvalue weighted by molar-refractivity contribution is -0.164. The van der Waals surface area contributed by atoms with Gasteiger partial charge in [0.2, 0.25) is 0 Å². The van der Waals surface area contributed by atoms with E-state index in [0.717, 1.165) is 18.4 Å². The molecule has 1 aromatic rings. The molecule has 0 bridgehead atoms. The summed E-state index contributed by atoms with van der Waals surface area (Å²) in [6.07, 6.45) is 0.953. The van der Waals surface area contributed by atoms with Gasteiger partial charge in [0.05, 0.1) is 18.5 Å². The molecule has 8 heteroatoms. The monoisotopic (exact) mass is 358 g/mol. The molecule has 1 aliphatic rings. The predicted molar refractivity (Wildman–Crippen MR) is 83.5 cm³/mol. The van der Waals surface area contributed by atoms with Gasteiger partial charge < -0.3 is 9.47 Å². The Morgan fingerprint density at radius 2 is 1.54 bits per heavy atom. The Morgan fingerprint density at radius 3 is 1.92 bits per heavy atom. The zero-order valence-corrected chi connectivity index (χ0v) is 14.4. The standard InChI is InChI=1S/C16H19FO6S/c1-4-22-14(18)16(15(19)23-5-2)12(13(16)24(3,20)21)10-6-8-11(17)9-7-10/h6-9,12-13H,4-5H2,1-3H3/t12-,13-/m1/s1. The Morgan fingerprint density at radius 1 is 1.08 bits per heavy atom. The second-order valence-electron chi connectivity index (χ2n) is 5.59. The van der Waals surface area contributed by atoms with E-state index >= 15 is 0 Å². The molecule has 24 heavy (non-hydrogen) atoms. The highest BCUT2D eigenvalue weighted by Gasteiger charge is 2.81. The number of benzene rings is 1. The summed E-state index contributed by atoms with van der Waals surface area (Å²) >= 11 is 0. The van der Waals surface area contributed by atoms with Gasteiger partial charge in [0.25, 0.3) is 0 Å². The van der Waals surface area contributed by atoms with E-state index in [1.54, 1.807) is 13.8 Å². The Kier molecular flexibility index (Phi) is 4.98. The lowest BCUT2D eigenvalue weighted by atomic mass is 9.99. The van der Waals surface area contributed by atoms with Gasteiger partial charge in [-0.15, -0.1) is 0 Å². The largest absolute Gasteiger partial charge is 0.465 e. The van der Waals surface area contributed by atoms with Gasteiger partial charge in [-0.25, -0.2) is 12.8 Å². The highest BCUT2D eigenvalue weighted by Crippen LogP contribution is 2.64. The van der Waals surface area contributed by atoms with E-state index in [4.69, 9.17) is 9.47 Å². The molecule has 1 aromatic carbocycles. The highest BCUT2D eigenvalue weighted by molar-refractivity contribution is 7.91. The van der Waals surface area contributed by atoms with Crippen LogP contribution in [0.2, 0.25) is 0 Å². The molecule has 0 saturated heterocycles. The summed E-state index contributed by atoms with van der Waals surface area (Å²) in [7, 11) is -3.77. The van der Waals surface area contributed by atoms with Crippen LogP contribution in [-0.2, 0) is 28.9 Å². The van der Waals surface area contributed by atoms with Crippen LogP contribution in [0.25, 0.3) is 0 Å². The third-order valence-electron chi connectivity index (χ3n) is 4.05. The normalized spacial score (nSPS) is 21.8. The maximum atomic E-state index is 13.2. The van der Waals surface area contributed by atoms with Gasteiger partial charge in [0.1, 0.15) is 5.82 Å². The molecule has 0 N–H and O–H groups in total. The molecule has 0 aliphatic heterocycles. The molecule has 0 aromatic heterocycles. The fourth-order valence-corrected chi connectivity index (χ4v) is 4.92. The molecule has 6 nitrogen and oxygen atoms in total. The van der Waals surface area contributed by atoms with Gasteiger partial charge in [-0.1, -0.05) is 12.1 Å². The fraction of sp³-hybridized carbons (Fsp3) is 0.500. The van der Waals surface area contributed by atoms with Crippen LogP contribution in [0, 0.1) is 11.2 Å². The molecule has 1 saturated carbocycles. The number of hydrogen-bond acceptors (Lipinski definition) is 6. The van der Waals surface area contributed by atoms with Crippen LogP contribution in [0.5, 0.6) is 0 Å². The maximum absolute atomic E-state index is 13.2. The molecule has 0 spiro atoms. The Bertz CT molecular complexity index is 722. The molecule has 1 aliphatic carbocycles. The average molecular weight is 358 g/mol. The number of carbonyl (C=O) groups excluding carboxylic acids is 2. The third kappa shape index (κ3) is 2.90. The zero-order valence-electron chi connectivity index (χ0n) is 13.6. The molecule has 0 amide bonds. The van der Waals surface area contributed by atoms with Crippen LogP contribution in [0.3, 0.4) is 0 Å². The first-order valence-corrected chi connectivity index (χ1v) is 9.45. The quantitative estimate of drug-likeness (QED) is 0.565. The summed E-state index contributed by atoms with van der Waals surface area (Å²) in [5, 5.41) is -1.30. The van der Waals surface area contributed by atoms with Crippen LogP contribution < -0.4 is 0 Å². The number of halogens is 1. The maximum Gasteiger partial charge on any atom is 0.325 e. The van der Waals surface area contributed by atoms with Crippen molar-refractivity contribution in [2.75, 3.05) is 19.5 Å². The molecule has 2 rings (SSSR count). The van der Waals surface area contributed by atoms with E-state index in [1.807, 2.05) is 0 Å². The molecular formula is C16H19FO6S. The summed E-state index contributed by atoms with van der Waals surface area (Å²) < 4.78 is 47.4. The lowest BCUT2D eigenvalue weighted by Gasteiger charge is -2.15. The summed E-state index contributed by atoms with van der Waals surface area (Å²) in [5.41, 5.74) is -1.58. The summed E-state index contributed by atoms with van der Waals surface area (Å²) in [4.78, 5) is 25.0. The first kappa shape index (κ1) is 18.4. The number of esters is 2. The van der Waals surface area contributed by atoms with Crippen LogP contribution in [-0.4, -0.2) is 45.1 Å². The van der Waals surface area contributed by atoms with Crippen LogP contribution in [0.15, 0.2) is 24.3 Å². The lowest BCUT2D eigenvalue weighted by Crippen LogP contribution is -2.35. The molecule has 132 valence electrons. The Balaban J connectivity index is 2.58. The molecular weight excluding hydrogens is 339 g/mol. The third-order valence-corrected chi connectivity index (χ3v) is 5.62. The van der Waals surface area contributed by atoms with Gasteiger partial charge in [0.15, 0.2) is 15.3 Å². The van der Waals surface area contributed by atoms with Crippen molar-refractivity contribution in [3.05, 3.63) is 35.6 Å². The van der Waals surface area contributed by atoms with E-state index in [0.29, 0.717) is 5.56 Å². The van der Waals surface area contributed by atoms with Crippen molar-refractivity contribution in [3.63, 3.8) is 0 Å². The number of ether oxygens (including phenoxy) is 2. The van der Waals surface area contributed by atoms with Crippen molar-refractivity contribution in [2.45, 2.75) is 25.0 Å². The molecule has 0 unspecified atom stereocenters. The van der Waals surface area contributed by atoms with Crippen molar-refractivity contribution in [1.82, 2.24) is 0 Å². The van der Waals surface area contributed by atoms with Gasteiger partial charge in [-0.3, -0.25) is 9.59 Å². The van der Waals surface area contributed by atoms with Gasteiger partial charge in [0, 0.05) is 12.2 Å². The topological polar surface area (TPSA) is 86.7 Å². The molecule has 0 heterocycles. The van der Waals surface area contributed by atoms with E-state index in [2.05, 4.69) is 0 Å². The number of sulfone groups is 1. The Hall–Kier alpha value is -1.96. The minimum Gasteiger partial charge on any atom is -0.465 e. The zero-order chi connectivity index (χ0) is 18.1. The van der Waals surface area contributed by atoms with Gasteiger partial charge >= 0.3 is 11.9 Å². The summed E-state index contributed by atoms with van der Waals surface area (Å²) in [5.74, 6) is -3.35. The van der Waals surface area contributed by atoms with E-state index in [-0.39, 0.29) is 13.2 Å². The average Bonchev–Trinajstić information content (AvgIpc) is 3.20. The van der Waals surface area contributed by atoms with Gasteiger partial charge in [-0.2, -0.15) is 0 Å². The minimum absolute atomic E-state index is 0.00733. The van der Waals surface area contributed by atoms with Crippen molar-refractivity contribution in [3.8, 4) is 0 Å².